The minimum absolute atomic E-state index is 0.292. The Bertz CT molecular complexity index is 699. The van der Waals surface area contributed by atoms with E-state index in [1.165, 1.54) is 38.5 Å². The summed E-state index contributed by atoms with van der Waals surface area (Å²) in [6.07, 6.45) is 10.9. The summed E-state index contributed by atoms with van der Waals surface area (Å²) in [7, 11) is 0. The number of hydrogen-bond donors (Lipinski definition) is 2. The van der Waals surface area contributed by atoms with E-state index in [-0.39, 0.29) is 6.03 Å². The van der Waals surface area contributed by atoms with E-state index in [1.54, 1.807) is 12.4 Å². The molecule has 4 rings (SSSR count). The van der Waals surface area contributed by atoms with Crippen LogP contribution in [-0.2, 0) is 0 Å². The van der Waals surface area contributed by atoms with Crippen molar-refractivity contribution in [2.24, 2.45) is 0 Å². The molecule has 2 aromatic rings. The van der Waals surface area contributed by atoms with Gasteiger partial charge in [-0.2, -0.15) is 0 Å². The van der Waals surface area contributed by atoms with Gasteiger partial charge in [0, 0.05) is 26.2 Å². The van der Waals surface area contributed by atoms with Crippen LogP contribution < -0.4 is 20.4 Å². The highest BCUT2D eigenvalue weighted by Gasteiger charge is 2.13. The molecule has 0 bridgehead atoms. The molecule has 2 saturated heterocycles. The van der Waals surface area contributed by atoms with E-state index in [9.17, 15) is 4.79 Å². The lowest BCUT2D eigenvalue weighted by molar-refractivity contribution is 0.262. The first-order valence-electron chi connectivity index (χ1n) is 10.3. The van der Waals surface area contributed by atoms with Crippen LogP contribution in [0.25, 0.3) is 0 Å². The standard InChI is InChI=1S/C21H28N6O/c28-21(24-17-7-9-19(22-15-17)26-11-3-1-4-12-26)25-18-8-10-20(23-16-18)27-13-5-2-6-14-27/h7-10,15-16H,1-6,11-14H2,(H2,24,25,28). The number of piperidine rings is 2. The zero-order valence-corrected chi connectivity index (χ0v) is 16.2. The Morgan fingerprint density at radius 2 is 1.11 bits per heavy atom. The highest BCUT2D eigenvalue weighted by molar-refractivity contribution is 5.99. The molecule has 2 aliphatic heterocycles. The molecule has 7 nitrogen and oxygen atoms in total. The molecule has 2 N–H and O–H groups in total. The SMILES string of the molecule is O=C(Nc1ccc(N2CCCCC2)nc1)Nc1ccc(N2CCCCC2)nc1. The van der Waals surface area contributed by atoms with E-state index in [1.807, 2.05) is 24.3 Å². The van der Waals surface area contributed by atoms with Crippen molar-refractivity contribution in [3.63, 3.8) is 0 Å². The monoisotopic (exact) mass is 380 g/mol. The quantitative estimate of drug-likeness (QED) is 0.835. The number of anilines is 4. The third-order valence-electron chi connectivity index (χ3n) is 5.37. The molecule has 0 aliphatic carbocycles. The largest absolute Gasteiger partial charge is 0.357 e. The summed E-state index contributed by atoms with van der Waals surface area (Å²) in [6, 6.07) is 7.44. The van der Waals surface area contributed by atoms with Gasteiger partial charge in [0.2, 0.25) is 0 Å². The molecule has 0 aromatic carbocycles. The Balaban J connectivity index is 1.30. The molecular weight excluding hydrogens is 352 g/mol. The smallest absolute Gasteiger partial charge is 0.323 e. The number of nitrogens with one attached hydrogen (secondary N) is 2. The second-order valence-corrected chi connectivity index (χ2v) is 7.48. The molecular formula is C21H28N6O. The summed E-state index contributed by atoms with van der Waals surface area (Å²) < 4.78 is 0. The van der Waals surface area contributed by atoms with Gasteiger partial charge in [0.05, 0.1) is 23.8 Å². The average molecular weight is 380 g/mol. The van der Waals surface area contributed by atoms with E-state index in [2.05, 4.69) is 30.4 Å². The summed E-state index contributed by atoms with van der Waals surface area (Å²) in [5, 5.41) is 5.66. The lowest BCUT2D eigenvalue weighted by Crippen LogP contribution is -2.30. The number of pyridine rings is 2. The van der Waals surface area contributed by atoms with Gasteiger partial charge in [-0.25, -0.2) is 14.8 Å². The van der Waals surface area contributed by atoms with E-state index in [0.717, 1.165) is 37.8 Å². The van der Waals surface area contributed by atoms with Gasteiger partial charge in [-0.15, -0.1) is 0 Å². The molecule has 0 spiro atoms. The predicted molar refractivity (Wildman–Crippen MR) is 113 cm³/mol. The maximum absolute atomic E-state index is 12.3. The zero-order valence-electron chi connectivity index (χ0n) is 16.2. The Kier molecular flexibility index (Phi) is 5.89. The minimum atomic E-state index is -0.292. The second-order valence-electron chi connectivity index (χ2n) is 7.48. The summed E-state index contributed by atoms with van der Waals surface area (Å²) in [5.41, 5.74) is 1.35. The van der Waals surface area contributed by atoms with Crippen molar-refractivity contribution >= 4 is 29.0 Å². The van der Waals surface area contributed by atoms with E-state index in [4.69, 9.17) is 0 Å². The van der Waals surface area contributed by atoms with Gasteiger partial charge >= 0.3 is 6.03 Å². The van der Waals surface area contributed by atoms with Crippen molar-refractivity contribution in [3.8, 4) is 0 Å². The normalized spacial score (nSPS) is 17.3. The number of rotatable bonds is 4. The first kappa shape index (κ1) is 18.5. The van der Waals surface area contributed by atoms with Crippen LogP contribution in [0, 0.1) is 0 Å². The fraction of sp³-hybridized carbons (Fsp3) is 0.476. The molecule has 28 heavy (non-hydrogen) atoms. The summed E-state index contributed by atoms with van der Waals surface area (Å²) in [5.74, 6) is 1.95. The Labute approximate surface area is 166 Å². The number of hydrogen-bond acceptors (Lipinski definition) is 5. The van der Waals surface area contributed by atoms with Gasteiger partial charge in [-0.3, -0.25) is 0 Å². The van der Waals surface area contributed by atoms with Crippen LogP contribution in [0.4, 0.5) is 27.8 Å². The van der Waals surface area contributed by atoms with Gasteiger partial charge in [-0.05, 0) is 62.8 Å². The zero-order chi connectivity index (χ0) is 19.2. The summed E-state index contributed by atoms with van der Waals surface area (Å²) >= 11 is 0. The first-order chi connectivity index (χ1) is 13.8. The molecule has 0 atom stereocenters. The molecule has 0 saturated carbocycles. The molecule has 0 unspecified atom stereocenters. The fourth-order valence-corrected chi connectivity index (χ4v) is 3.83. The number of amides is 2. The number of urea groups is 1. The average Bonchev–Trinajstić information content (AvgIpc) is 2.76. The second kappa shape index (κ2) is 8.91. The Hall–Kier alpha value is -2.83. The van der Waals surface area contributed by atoms with Gasteiger partial charge in [0.25, 0.3) is 0 Å². The number of carbonyl (C=O) groups is 1. The first-order valence-corrected chi connectivity index (χ1v) is 10.3. The van der Waals surface area contributed by atoms with Crippen molar-refractivity contribution in [2.75, 3.05) is 46.6 Å². The number of nitrogens with zero attached hydrogens (tertiary/aromatic N) is 4. The van der Waals surface area contributed by atoms with Crippen molar-refractivity contribution in [3.05, 3.63) is 36.7 Å². The van der Waals surface area contributed by atoms with Gasteiger partial charge < -0.3 is 20.4 Å². The van der Waals surface area contributed by atoms with Gasteiger partial charge in [-0.1, -0.05) is 0 Å². The van der Waals surface area contributed by atoms with Crippen molar-refractivity contribution < 1.29 is 4.79 Å². The predicted octanol–water partition coefficient (Wildman–Crippen LogP) is 4.10. The van der Waals surface area contributed by atoms with Crippen LogP contribution >= 0.6 is 0 Å². The maximum Gasteiger partial charge on any atom is 0.323 e. The third-order valence-corrected chi connectivity index (χ3v) is 5.37. The highest BCUT2D eigenvalue weighted by Crippen LogP contribution is 2.20. The number of aromatic nitrogens is 2. The molecule has 2 aliphatic rings. The lowest BCUT2D eigenvalue weighted by atomic mass is 10.1. The van der Waals surface area contributed by atoms with Crippen LogP contribution in [0.5, 0.6) is 0 Å². The molecule has 148 valence electrons. The van der Waals surface area contributed by atoms with Gasteiger partial charge in [0.1, 0.15) is 11.6 Å². The Morgan fingerprint density at radius 1 is 0.679 bits per heavy atom. The van der Waals surface area contributed by atoms with E-state index >= 15 is 0 Å². The fourth-order valence-electron chi connectivity index (χ4n) is 3.83. The minimum Gasteiger partial charge on any atom is -0.357 e. The molecule has 2 aromatic heterocycles. The van der Waals surface area contributed by atoms with E-state index < -0.39 is 0 Å². The molecule has 7 heteroatoms. The topological polar surface area (TPSA) is 73.4 Å². The van der Waals surface area contributed by atoms with Crippen molar-refractivity contribution in [2.45, 2.75) is 38.5 Å². The van der Waals surface area contributed by atoms with Crippen molar-refractivity contribution in [1.82, 2.24) is 9.97 Å². The highest BCUT2D eigenvalue weighted by atomic mass is 16.2. The maximum atomic E-state index is 12.3. The van der Waals surface area contributed by atoms with Crippen LogP contribution in [0.1, 0.15) is 38.5 Å². The Morgan fingerprint density at radius 3 is 1.46 bits per heavy atom. The summed E-state index contributed by atoms with van der Waals surface area (Å²) in [4.78, 5) is 25.8. The van der Waals surface area contributed by atoms with Crippen LogP contribution in [-0.4, -0.2) is 42.2 Å². The third kappa shape index (κ3) is 4.71. The number of carbonyl (C=O) groups excluding carboxylic acids is 1. The lowest BCUT2D eigenvalue weighted by Gasteiger charge is -2.27. The summed E-state index contributed by atoms with van der Waals surface area (Å²) in [6.45, 7) is 4.22. The van der Waals surface area contributed by atoms with Crippen molar-refractivity contribution in [1.29, 1.82) is 0 Å². The van der Waals surface area contributed by atoms with Crippen LogP contribution in [0.15, 0.2) is 36.7 Å². The van der Waals surface area contributed by atoms with E-state index in [0.29, 0.717) is 11.4 Å². The molecule has 2 fully saturated rings. The molecule has 0 radical (unpaired) electrons. The molecule has 4 heterocycles. The molecule has 2 amide bonds. The van der Waals surface area contributed by atoms with Gasteiger partial charge in [0.15, 0.2) is 0 Å². The van der Waals surface area contributed by atoms with Crippen LogP contribution in [0.3, 0.4) is 0 Å². The van der Waals surface area contributed by atoms with Crippen LogP contribution in [0.2, 0.25) is 0 Å².